The number of halogens is 4. The van der Waals surface area contributed by atoms with Crippen LogP contribution >= 0.6 is 0 Å². The summed E-state index contributed by atoms with van der Waals surface area (Å²) in [6.45, 7) is 2.88. The first-order chi connectivity index (χ1) is 11.7. The summed E-state index contributed by atoms with van der Waals surface area (Å²) >= 11 is 0. The molecule has 1 heterocycles. The van der Waals surface area contributed by atoms with E-state index in [1.54, 1.807) is 0 Å². The number of amides is 1. The highest BCUT2D eigenvalue weighted by atomic mass is 19.4. The van der Waals surface area contributed by atoms with E-state index < -0.39 is 29.8 Å². The maximum Gasteiger partial charge on any atom is 0.416 e. The van der Waals surface area contributed by atoms with Gasteiger partial charge in [-0.05, 0) is 24.3 Å². The molecule has 1 amide bonds. The second-order valence-electron chi connectivity index (χ2n) is 5.21. The molecule has 0 bridgehead atoms. The third-order valence-electron chi connectivity index (χ3n) is 3.40. The van der Waals surface area contributed by atoms with E-state index in [1.165, 1.54) is 30.3 Å². The monoisotopic (exact) mass is 353 g/mol. The molecule has 2 aromatic carbocycles. The Balaban J connectivity index is 1.80. The number of hydrogen-bond acceptors (Lipinski definition) is 3. The second kappa shape index (κ2) is 6.12. The SMILES string of the molecule is C=C(F)C(=O)Nc1ccc2c(c1)OC(c1cccc(C(F)(F)F)c1)O2. The molecule has 1 aliphatic rings. The van der Waals surface area contributed by atoms with Crippen LogP contribution in [0.5, 0.6) is 11.5 Å². The predicted molar refractivity (Wildman–Crippen MR) is 80.8 cm³/mol. The molecule has 0 aliphatic carbocycles. The van der Waals surface area contributed by atoms with Crippen molar-refractivity contribution in [2.75, 3.05) is 5.32 Å². The standard InChI is InChI=1S/C17H11F4NO3/c1-9(18)15(23)22-12-5-6-13-14(8-12)25-16(24-13)10-3-2-4-11(7-10)17(19,20)21/h2-8,16H,1H2,(H,22,23). The van der Waals surface area contributed by atoms with Crippen molar-refractivity contribution in [1.29, 1.82) is 0 Å². The van der Waals surface area contributed by atoms with Crippen LogP contribution in [0.15, 0.2) is 54.9 Å². The van der Waals surface area contributed by atoms with E-state index in [1.807, 2.05) is 0 Å². The molecular weight excluding hydrogens is 342 g/mol. The van der Waals surface area contributed by atoms with Crippen molar-refractivity contribution >= 4 is 11.6 Å². The molecule has 0 spiro atoms. The minimum Gasteiger partial charge on any atom is -0.447 e. The van der Waals surface area contributed by atoms with Gasteiger partial charge in [-0.1, -0.05) is 18.7 Å². The maximum atomic E-state index is 12.8. The van der Waals surface area contributed by atoms with E-state index in [4.69, 9.17) is 9.47 Å². The molecule has 0 saturated heterocycles. The Bertz CT molecular complexity index is 848. The molecule has 1 N–H and O–H groups in total. The Morgan fingerprint density at radius 2 is 1.80 bits per heavy atom. The van der Waals surface area contributed by atoms with Crippen LogP contribution in [0.3, 0.4) is 0 Å². The van der Waals surface area contributed by atoms with Gasteiger partial charge in [0.05, 0.1) is 5.56 Å². The van der Waals surface area contributed by atoms with Gasteiger partial charge in [-0.15, -0.1) is 0 Å². The highest BCUT2D eigenvalue weighted by molar-refractivity contribution is 6.01. The van der Waals surface area contributed by atoms with Crippen molar-refractivity contribution in [1.82, 2.24) is 0 Å². The van der Waals surface area contributed by atoms with Crippen LogP contribution in [0.1, 0.15) is 17.4 Å². The largest absolute Gasteiger partial charge is 0.447 e. The Hall–Kier alpha value is -3.03. The molecule has 0 saturated carbocycles. The lowest BCUT2D eigenvalue weighted by Gasteiger charge is -2.13. The molecule has 1 unspecified atom stereocenters. The molecule has 1 aliphatic heterocycles. The van der Waals surface area contributed by atoms with Crippen LogP contribution in [0.2, 0.25) is 0 Å². The molecule has 1 atom stereocenters. The molecule has 25 heavy (non-hydrogen) atoms. The van der Waals surface area contributed by atoms with Crippen molar-refractivity contribution in [2.45, 2.75) is 12.5 Å². The summed E-state index contributed by atoms with van der Waals surface area (Å²) in [6.07, 6.45) is -5.53. The zero-order valence-electron chi connectivity index (χ0n) is 12.6. The predicted octanol–water partition coefficient (Wildman–Crippen LogP) is 4.60. The van der Waals surface area contributed by atoms with Crippen LogP contribution in [0.4, 0.5) is 23.2 Å². The third-order valence-corrected chi connectivity index (χ3v) is 3.40. The summed E-state index contributed by atoms with van der Waals surface area (Å²) < 4.78 is 62.1. The first kappa shape index (κ1) is 16.8. The molecule has 8 heteroatoms. The quantitative estimate of drug-likeness (QED) is 0.648. The lowest BCUT2D eigenvalue weighted by atomic mass is 10.1. The summed E-state index contributed by atoms with van der Waals surface area (Å²) in [7, 11) is 0. The molecule has 0 fully saturated rings. The van der Waals surface area contributed by atoms with Gasteiger partial charge in [0.25, 0.3) is 12.2 Å². The molecule has 0 radical (unpaired) electrons. The molecule has 130 valence electrons. The maximum absolute atomic E-state index is 12.8. The summed E-state index contributed by atoms with van der Waals surface area (Å²) in [6, 6.07) is 8.87. The van der Waals surface area contributed by atoms with E-state index in [-0.39, 0.29) is 17.0 Å². The second-order valence-corrected chi connectivity index (χ2v) is 5.21. The van der Waals surface area contributed by atoms with Gasteiger partial charge in [-0.25, -0.2) is 4.39 Å². The minimum absolute atomic E-state index is 0.189. The number of carbonyl (C=O) groups excluding carboxylic acids is 1. The van der Waals surface area contributed by atoms with E-state index in [2.05, 4.69) is 11.9 Å². The Morgan fingerprint density at radius 3 is 2.48 bits per heavy atom. The van der Waals surface area contributed by atoms with Crippen LogP contribution in [-0.4, -0.2) is 5.91 Å². The molecule has 4 nitrogen and oxygen atoms in total. The molecule has 0 aromatic heterocycles. The zero-order chi connectivity index (χ0) is 18.2. The summed E-state index contributed by atoms with van der Waals surface area (Å²) in [5.41, 5.74) is -0.396. The van der Waals surface area contributed by atoms with E-state index in [0.717, 1.165) is 12.1 Å². The smallest absolute Gasteiger partial charge is 0.416 e. The van der Waals surface area contributed by atoms with Gasteiger partial charge >= 0.3 is 6.18 Å². The van der Waals surface area contributed by atoms with Gasteiger partial charge in [0, 0.05) is 17.3 Å². The third kappa shape index (κ3) is 3.57. The summed E-state index contributed by atoms with van der Waals surface area (Å²) in [5, 5.41) is 2.26. The number of alkyl halides is 3. The first-order valence-corrected chi connectivity index (χ1v) is 7.04. The van der Waals surface area contributed by atoms with Crippen LogP contribution < -0.4 is 14.8 Å². The van der Waals surface area contributed by atoms with Crippen molar-refractivity contribution in [2.24, 2.45) is 0 Å². The van der Waals surface area contributed by atoms with Gasteiger partial charge in [0.1, 0.15) is 0 Å². The number of nitrogens with one attached hydrogen (secondary N) is 1. The van der Waals surface area contributed by atoms with Crippen LogP contribution in [0, 0.1) is 0 Å². The van der Waals surface area contributed by atoms with Gasteiger partial charge < -0.3 is 14.8 Å². The Morgan fingerprint density at radius 1 is 1.08 bits per heavy atom. The van der Waals surface area contributed by atoms with Crippen molar-refractivity contribution in [3.8, 4) is 11.5 Å². The fourth-order valence-electron chi connectivity index (χ4n) is 2.23. The lowest BCUT2D eigenvalue weighted by Crippen LogP contribution is -2.11. The summed E-state index contributed by atoms with van der Waals surface area (Å²) in [5.74, 6) is -1.66. The van der Waals surface area contributed by atoms with Crippen molar-refractivity contribution < 1.29 is 31.8 Å². The van der Waals surface area contributed by atoms with E-state index >= 15 is 0 Å². The van der Waals surface area contributed by atoms with Gasteiger partial charge in [-0.3, -0.25) is 4.79 Å². The zero-order valence-corrected chi connectivity index (χ0v) is 12.6. The first-order valence-electron chi connectivity index (χ1n) is 7.04. The normalized spacial score (nSPS) is 15.8. The highest BCUT2D eigenvalue weighted by Gasteiger charge is 2.33. The van der Waals surface area contributed by atoms with Gasteiger partial charge in [0.15, 0.2) is 17.3 Å². The molecule has 2 aromatic rings. The fraction of sp³-hybridized carbons (Fsp3) is 0.118. The Kier molecular flexibility index (Phi) is 4.12. The number of hydrogen-bond donors (Lipinski definition) is 1. The number of ether oxygens (including phenoxy) is 2. The average molecular weight is 353 g/mol. The van der Waals surface area contributed by atoms with E-state index in [9.17, 15) is 22.4 Å². The Labute approximate surface area is 139 Å². The van der Waals surface area contributed by atoms with E-state index in [0.29, 0.717) is 5.75 Å². The van der Waals surface area contributed by atoms with Gasteiger partial charge in [0.2, 0.25) is 0 Å². The number of fused-ring (bicyclic) bond motifs is 1. The molecular formula is C17H11F4NO3. The summed E-state index contributed by atoms with van der Waals surface area (Å²) in [4.78, 5) is 11.3. The van der Waals surface area contributed by atoms with Crippen LogP contribution in [0.25, 0.3) is 0 Å². The highest BCUT2D eigenvalue weighted by Crippen LogP contribution is 2.42. The number of benzene rings is 2. The topological polar surface area (TPSA) is 47.6 Å². The van der Waals surface area contributed by atoms with Crippen LogP contribution in [-0.2, 0) is 11.0 Å². The average Bonchev–Trinajstić information content (AvgIpc) is 2.97. The lowest BCUT2D eigenvalue weighted by molar-refractivity contribution is -0.137. The number of anilines is 1. The fourth-order valence-corrected chi connectivity index (χ4v) is 2.23. The molecule has 3 rings (SSSR count). The number of rotatable bonds is 3. The number of carbonyl (C=O) groups is 1. The minimum atomic E-state index is -4.48. The van der Waals surface area contributed by atoms with Gasteiger partial charge in [-0.2, -0.15) is 13.2 Å². The van der Waals surface area contributed by atoms with Crippen molar-refractivity contribution in [3.63, 3.8) is 0 Å². The van der Waals surface area contributed by atoms with Crippen molar-refractivity contribution in [3.05, 3.63) is 66.0 Å².